The van der Waals surface area contributed by atoms with E-state index in [0.29, 0.717) is 0 Å². The van der Waals surface area contributed by atoms with E-state index in [1.54, 1.807) is 11.1 Å². The Labute approximate surface area is 65.3 Å². The second-order valence-electron chi connectivity index (χ2n) is 3.51. The summed E-state index contributed by atoms with van der Waals surface area (Å²) in [6.45, 7) is 11.2. The van der Waals surface area contributed by atoms with Gasteiger partial charge in [-0.05, 0) is 32.6 Å². The Bertz CT molecular complexity index is 118. The molecule has 60 valence electrons. The van der Waals surface area contributed by atoms with Crippen molar-refractivity contribution < 1.29 is 0 Å². The zero-order valence-electron chi connectivity index (χ0n) is 7.99. The third-order valence-electron chi connectivity index (χ3n) is 1.97. The maximum atomic E-state index is 2.27. The zero-order valence-corrected chi connectivity index (χ0v) is 7.99. The van der Waals surface area contributed by atoms with Crippen LogP contribution in [0, 0.1) is 5.92 Å². The van der Waals surface area contributed by atoms with Gasteiger partial charge < -0.3 is 0 Å². The summed E-state index contributed by atoms with van der Waals surface area (Å²) in [5, 5.41) is 0. The molecule has 0 heteroatoms. The van der Waals surface area contributed by atoms with Crippen molar-refractivity contribution in [1.29, 1.82) is 0 Å². The van der Waals surface area contributed by atoms with Crippen LogP contribution in [0.25, 0.3) is 0 Å². The van der Waals surface area contributed by atoms with Gasteiger partial charge in [-0.2, -0.15) is 0 Å². The van der Waals surface area contributed by atoms with Crippen molar-refractivity contribution in [3.8, 4) is 0 Å². The van der Waals surface area contributed by atoms with E-state index >= 15 is 0 Å². The van der Waals surface area contributed by atoms with Crippen LogP contribution in [0.1, 0.15) is 47.5 Å². The van der Waals surface area contributed by atoms with E-state index in [0.717, 1.165) is 5.92 Å². The van der Waals surface area contributed by atoms with Crippen molar-refractivity contribution in [1.82, 2.24) is 0 Å². The monoisotopic (exact) mass is 140 g/mol. The Kier molecular flexibility index (Phi) is 4.42. The molecule has 0 fully saturated rings. The Morgan fingerprint density at radius 3 is 1.90 bits per heavy atom. The van der Waals surface area contributed by atoms with Gasteiger partial charge >= 0.3 is 0 Å². The van der Waals surface area contributed by atoms with Gasteiger partial charge in [0.1, 0.15) is 0 Å². The lowest BCUT2D eigenvalue weighted by atomic mass is 9.99. The topological polar surface area (TPSA) is 0 Å². The molecule has 0 bridgehead atoms. The molecule has 0 aromatic rings. The molecule has 0 N–H and O–H groups in total. The van der Waals surface area contributed by atoms with Crippen LogP contribution in [0.4, 0.5) is 0 Å². The van der Waals surface area contributed by atoms with E-state index in [-0.39, 0.29) is 0 Å². The van der Waals surface area contributed by atoms with Crippen LogP contribution in [0.2, 0.25) is 0 Å². The maximum Gasteiger partial charge on any atom is -0.0297 e. The minimum absolute atomic E-state index is 0.807. The van der Waals surface area contributed by atoms with E-state index in [1.165, 1.54) is 12.8 Å². The van der Waals surface area contributed by atoms with Gasteiger partial charge in [-0.25, -0.2) is 0 Å². The molecule has 0 aromatic heterocycles. The molecule has 0 spiro atoms. The molecule has 0 heterocycles. The molecule has 0 atom stereocenters. The number of hydrogen-bond acceptors (Lipinski definition) is 0. The number of rotatable bonds is 3. The van der Waals surface area contributed by atoms with Crippen molar-refractivity contribution in [2.24, 2.45) is 5.92 Å². The van der Waals surface area contributed by atoms with E-state index in [2.05, 4.69) is 34.6 Å². The molecule has 0 radical (unpaired) electrons. The fourth-order valence-electron chi connectivity index (χ4n) is 1.09. The van der Waals surface area contributed by atoms with E-state index in [9.17, 15) is 0 Å². The smallest absolute Gasteiger partial charge is 0.0297 e. The minimum Gasteiger partial charge on any atom is -0.0747 e. The predicted octanol–water partition coefficient (Wildman–Crippen LogP) is 3.78. The molecule has 0 saturated heterocycles. The van der Waals surface area contributed by atoms with Gasteiger partial charge in [-0.15, -0.1) is 0 Å². The summed E-state index contributed by atoms with van der Waals surface area (Å²) in [6.07, 6.45) is 2.47. The van der Waals surface area contributed by atoms with Crippen LogP contribution in [0.15, 0.2) is 11.1 Å². The molecular formula is C10H20. The fourth-order valence-corrected chi connectivity index (χ4v) is 1.09. The first kappa shape index (κ1) is 9.74. The first-order chi connectivity index (χ1) is 4.57. The van der Waals surface area contributed by atoms with E-state index in [1.807, 2.05) is 0 Å². The molecule has 0 aromatic carbocycles. The lowest BCUT2D eigenvalue weighted by molar-refractivity contribution is 0.636. The quantitative estimate of drug-likeness (QED) is 0.523. The third-order valence-corrected chi connectivity index (χ3v) is 1.97. The fraction of sp³-hybridized carbons (Fsp3) is 0.800. The second kappa shape index (κ2) is 4.54. The molecule has 0 rings (SSSR count). The summed E-state index contributed by atoms with van der Waals surface area (Å²) in [4.78, 5) is 0. The molecule has 0 saturated carbocycles. The zero-order chi connectivity index (χ0) is 8.15. The van der Waals surface area contributed by atoms with Gasteiger partial charge in [-0.1, -0.05) is 31.9 Å². The van der Waals surface area contributed by atoms with Crippen molar-refractivity contribution in [3.63, 3.8) is 0 Å². The highest BCUT2D eigenvalue weighted by Gasteiger charge is 1.97. The maximum absolute atomic E-state index is 2.27. The Morgan fingerprint density at radius 1 is 1.10 bits per heavy atom. The van der Waals surface area contributed by atoms with Gasteiger partial charge in [0.05, 0.1) is 0 Å². The molecule has 0 aliphatic rings. The highest BCUT2D eigenvalue weighted by molar-refractivity contribution is 5.08. The molecule has 0 amide bonds. The highest BCUT2D eigenvalue weighted by Crippen LogP contribution is 2.15. The van der Waals surface area contributed by atoms with Crippen molar-refractivity contribution in [2.45, 2.75) is 47.5 Å². The van der Waals surface area contributed by atoms with Crippen LogP contribution in [-0.2, 0) is 0 Å². The summed E-state index contributed by atoms with van der Waals surface area (Å²) >= 11 is 0. The van der Waals surface area contributed by atoms with Gasteiger partial charge in [0.25, 0.3) is 0 Å². The van der Waals surface area contributed by atoms with Crippen LogP contribution >= 0.6 is 0 Å². The predicted molar refractivity (Wildman–Crippen MR) is 48.1 cm³/mol. The van der Waals surface area contributed by atoms with Crippen molar-refractivity contribution in [3.05, 3.63) is 11.1 Å². The summed E-state index contributed by atoms with van der Waals surface area (Å²) in [6, 6.07) is 0. The normalized spacial score (nSPS) is 13.8. The lowest BCUT2D eigenvalue weighted by Crippen LogP contribution is -1.90. The van der Waals surface area contributed by atoms with Crippen LogP contribution < -0.4 is 0 Å². The van der Waals surface area contributed by atoms with E-state index < -0.39 is 0 Å². The largest absolute Gasteiger partial charge is 0.0747 e. The Hall–Kier alpha value is -0.260. The van der Waals surface area contributed by atoms with Gasteiger partial charge in [0.15, 0.2) is 0 Å². The number of hydrogen-bond donors (Lipinski definition) is 0. The highest BCUT2D eigenvalue weighted by atomic mass is 14.0. The summed E-state index contributed by atoms with van der Waals surface area (Å²) in [5.74, 6) is 0.807. The molecule has 0 aliphatic carbocycles. The average molecular weight is 140 g/mol. The molecule has 10 heavy (non-hydrogen) atoms. The van der Waals surface area contributed by atoms with Gasteiger partial charge in [-0.3, -0.25) is 0 Å². The SMILES string of the molecule is CCC(C)=C(C)CC(C)C. The molecule has 0 nitrogen and oxygen atoms in total. The molecular weight excluding hydrogens is 120 g/mol. The Morgan fingerprint density at radius 2 is 1.60 bits per heavy atom. The molecule has 0 aliphatic heterocycles. The first-order valence-corrected chi connectivity index (χ1v) is 4.23. The van der Waals surface area contributed by atoms with Gasteiger partial charge in [0.2, 0.25) is 0 Å². The van der Waals surface area contributed by atoms with Gasteiger partial charge in [0, 0.05) is 0 Å². The van der Waals surface area contributed by atoms with Crippen LogP contribution in [-0.4, -0.2) is 0 Å². The van der Waals surface area contributed by atoms with Crippen LogP contribution in [0.5, 0.6) is 0 Å². The van der Waals surface area contributed by atoms with Crippen LogP contribution in [0.3, 0.4) is 0 Å². The minimum atomic E-state index is 0.807. The third kappa shape index (κ3) is 3.71. The van der Waals surface area contributed by atoms with Crippen molar-refractivity contribution >= 4 is 0 Å². The van der Waals surface area contributed by atoms with E-state index in [4.69, 9.17) is 0 Å². The Balaban J connectivity index is 3.92. The van der Waals surface area contributed by atoms with Crippen molar-refractivity contribution in [2.75, 3.05) is 0 Å². The summed E-state index contributed by atoms with van der Waals surface area (Å²) < 4.78 is 0. The molecule has 0 unspecified atom stereocenters. The average Bonchev–Trinajstić information content (AvgIpc) is 1.85. The number of allylic oxidation sites excluding steroid dienone is 2. The second-order valence-corrected chi connectivity index (χ2v) is 3.51. The standard InChI is InChI=1S/C10H20/c1-6-9(4)10(5)7-8(2)3/h8H,6-7H2,1-5H3. The lowest BCUT2D eigenvalue weighted by Gasteiger charge is -2.07. The summed E-state index contributed by atoms with van der Waals surface area (Å²) in [5.41, 5.74) is 3.14. The first-order valence-electron chi connectivity index (χ1n) is 4.23. The summed E-state index contributed by atoms with van der Waals surface area (Å²) in [7, 11) is 0.